The first-order valence-corrected chi connectivity index (χ1v) is 31.8. The number of amides is 5. The number of aromatic hydroxyl groups is 3. The molecule has 0 aromatic heterocycles. The number of carbonyl (C=O) groups excluding carboxylic acids is 6. The topological polar surface area (TPSA) is 245 Å². The van der Waals surface area contributed by atoms with Crippen LogP contribution in [0, 0.1) is 20.8 Å². The lowest BCUT2D eigenvalue weighted by Crippen LogP contribution is -2.54. The van der Waals surface area contributed by atoms with Gasteiger partial charge in [0.15, 0.2) is 5.78 Å². The van der Waals surface area contributed by atoms with Gasteiger partial charge in [0.1, 0.15) is 28.7 Å². The van der Waals surface area contributed by atoms with Crippen LogP contribution in [0.25, 0.3) is 0 Å². The summed E-state index contributed by atoms with van der Waals surface area (Å²) in [4.78, 5) is 74.5. The number of carbonyl (C=O) groups is 6. The van der Waals surface area contributed by atoms with Gasteiger partial charge >= 0.3 is 37.1 Å². The highest BCUT2D eigenvalue weighted by atomic mass is 19.4. The fraction of sp³-hybridized carbons (Fsp3) is 0.211. The van der Waals surface area contributed by atoms with E-state index in [4.69, 9.17) is 4.74 Å². The predicted octanol–water partition coefficient (Wildman–Crippen LogP) is 19.4. The van der Waals surface area contributed by atoms with Crippen LogP contribution in [0.3, 0.4) is 0 Å². The highest BCUT2D eigenvalue weighted by Crippen LogP contribution is 2.61. The van der Waals surface area contributed by atoms with Crippen molar-refractivity contribution in [1.29, 1.82) is 0 Å². The Balaban J connectivity index is 0.000000292. The molecule has 5 amide bonds. The van der Waals surface area contributed by atoms with E-state index in [0.717, 1.165) is 56.3 Å². The first kappa shape index (κ1) is 83.4. The molecule has 110 heavy (non-hydrogen) atoms. The Hall–Kier alpha value is -12.3. The van der Waals surface area contributed by atoms with E-state index in [2.05, 4.69) is 21.3 Å². The van der Waals surface area contributed by atoms with Crippen molar-refractivity contribution in [3.05, 3.63) is 254 Å². The van der Waals surface area contributed by atoms with Crippen LogP contribution in [-0.4, -0.2) is 94.7 Å². The molecule has 0 spiro atoms. The Morgan fingerprint density at radius 3 is 0.864 bits per heavy atom. The van der Waals surface area contributed by atoms with E-state index in [0.29, 0.717) is 102 Å². The van der Waals surface area contributed by atoms with Crippen LogP contribution in [0.15, 0.2) is 182 Å². The zero-order valence-corrected chi connectivity index (χ0v) is 57.8. The molecule has 0 saturated heterocycles. The number of aryl methyl sites for hydroxylation is 3. The molecule has 0 saturated carbocycles. The number of ketones is 1. The number of hydrogen-bond acceptors (Lipinski definition) is 11. The summed E-state index contributed by atoms with van der Waals surface area (Å²) in [6.45, 7) is 7.43. The van der Waals surface area contributed by atoms with E-state index in [1.54, 1.807) is 24.3 Å². The van der Waals surface area contributed by atoms with Gasteiger partial charge in [0.05, 0.1) is 17.1 Å². The van der Waals surface area contributed by atoms with Gasteiger partial charge in [-0.05, 0) is 199 Å². The zero-order valence-electron chi connectivity index (χ0n) is 57.8. The average molecular weight is 1560 g/mol. The highest BCUT2D eigenvalue weighted by molar-refractivity contribution is 6.09. The van der Waals surface area contributed by atoms with E-state index in [1.807, 2.05) is 10.6 Å². The molecule has 580 valence electrons. The number of hydrogen-bond donors (Lipinski definition) is 9. The quantitative estimate of drug-likeness (QED) is 0.0222. The summed E-state index contributed by atoms with van der Waals surface area (Å²) in [6.07, 6.45) is -36.3. The molecule has 0 heterocycles. The maximum Gasteiger partial charge on any atom is 0.411 e. The second kappa shape index (κ2) is 31.1. The summed E-state index contributed by atoms with van der Waals surface area (Å²) < 4.78 is 274. The standard InChI is InChI=1S/C43H34F12N4O5.C33H26F6N2O5/c1-21-8-10-26(17-30(21)56-4)38(40(44,45)46,41(47,48)49)29-13-15-35(62)33(20-29)59-37(64)25-7-5-6-24(16-25)36(63)58-31-18-27(11-9-22(31)2)39(42(50,51)52,43(53,54)55)28-12-14-34(61)32(19-28)57-23(3)60;1-18-4-9-23(16-27(18)40-20(3)43)31(32(34,35)36,33(37,38)39)24-10-15-29(44)28(17-24)41-30(45)22-7-13-26(14-8-22)46-25-11-5-21(6-12-25)19(2)42/h5-20,56,61-62H,1-4H3,(H,57,60)(H,58,63)(H,59,64);4-17,44H,1-3H3,(H,40,43)(H,41,45). The second-order valence-electron chi connectivity index (χ2n) is 24.8. The van der Waals surface area contributed by atoms with Gasteiger partial charge in [0.2, 0.25) is 28.1 Å². The van der Waals surface area contributed by atoms with E-state index in [1.165, 1.54) is 59.0 Å². The molecule has 0 radical (unpaired) electrons. The second-order valence-corrected chi connectivity index (χ2v) is 24.8. The Morgan fingerprint density at radius 1 is 0.300 bits per heavy atom. The van der Waals surface area contributed by atoms with Gasteiger partial charge in [-0.2, -0.15) is 79.0 Å². The SMILES string of the molecule is CC(=O)Nc1cc(C(c2ccc(O)c(NC(=O)c3ccc(Oc4ccc(C(C)=O)cc4)cc3)c2)(C(F)(F)F)C(F)(F)F)ccc1C.CNc1cc(C(c2ccc(O)c(NC(=O)c3cccc(C(=O)Nc4cc(C(c5ccc(O)c(NC(C)=O)c5)(C(F)(F)F)C(F)(F)F)ccc4C)c3)c2)(C(F)(F)F)C(F)(F)F)ccc1C. The smallest absolute Gasteiger partial charge is 0.411 e. The molecule has 0 fully saturated rings. The Morgan fingerprint density at radius 2 is 0.555 bits per heavy atom. The van der Waals surface area contributed by atoms with Gasteiger partial charge in [0.25, 0.3) is 17.7 Å². The third-order valence-electron chi connectivity index (χ3n) is 17.5. The molecule has 9 N–H and O–H groups in total. The molecular formula is C76H60F18N6O10. The van der Waals surface area contributed by atoms with Gasteiger partial charge in [-0.3, -0.25) is 28.8 Å². The Labute approximate surface area is 612 Å². The van der Waals surface area contributed by atoms with Crippen molar-refractivity contribution in [3.63, 3.8) is 0 Å². The molecule has 0 atom stereocenters. The minimum absolute atomic E-state index is 0.0501. The van der Waals surface area contributed by atoms with Crippen molar-refractivity contribution >= 4 is 69.4 Å². The third kappa shape index (κ3) is 16.6. The summed E-state index contributed by atoms with van der Waals surface area (Å²) in [6, 6.07) is 25.9. The summed E-state index contributed by atoms with van der Waals surface area (Å²) in [5, 5.41) is 44.0. The number of benzene rings is 9. The fourth-order valence-corrected chi connectivity index (χ4v) is 12.0. The van der Waals surface area contributed by atoms with Gasteiger partial charge in [-0.25, -0.2) is 0 Å². The molecule has 16 nitrogen and oxygen atoms in total. The van der Waals surface area contributed by atoms with Crippen molar-refractivity contribution in [3.8, 4) is 28.7 Å². The van der Waals surface area contributed by atoms with Crippen molar-refractivity contribution in [2.75, 3.05) is 38.9 Å². The minimum atomic E-state index is -6.14. The van der Waals surface area contributed by atoms with Crippen molar-refractivity contribution in [1.82, 2.24) is 0 Å². The minimum Gasteiger partial charge on any atom is -0.506 e. The number of alkyl halides is 18. The van der Waals surface area contributed by atoms with E-state index >= 15 is 0 Å². The number of Topliss-reactive ketones (excluding diaryl/α,β-unsaturated/α-hetero) is 1. The van der Waals surface area contributed by atoms with Crippen LogP contribution in [0.2, 0.25) is 0 Å². The fourth-order valence-electron chi connectivity index (χ4n) is 12.0. The van der Waals surface area contributed by atoms with Crippen LogP contribution in [-0.2, 0) is 25.8 Å². The number of phenolic OH excluding ortho intramolecular Hbond substituents is 3. The Bertz CT molecular complexity index is 4970. The molecule has 0 bridgehead atoms. The van der Waals surface area contributed by atoms with Crippen molar-refractivity contribution in [2.45, 2.75) is 94.8 Å². The number of halogens is 18. The number of ether oxygens (including phenoxy) is 1. The lowest BCUT2D eigenvalue weighted by atomic mass is 9.72. The number of anilines is 6. The monoisotopic (exact) mass is 1560 g/mol. The van der Waals surface area contributed by atoms with Crippen LogP contribution in [0.1, 0.15) is 112 Å². The number of rotatable bonds is 18. The normalized spacial score (nSPS) is 12.4. The molecule has 0 aliphatic heterocycles. The molecule has 9 aromatic rings. The van der Waals surface area contributed by atoms with E-state index in [9.17, 15) is 123 Å². The predicted molar refractivity (Wildman–Crippen MR) is 368 cm³/mol. The third-order valence-corrected chi connectivity index (χ3v) is 17.5. The van der Waals surface area contributed by atoms with Crippen LogP contribution in [0.4, 0.5) is 113 Å². The summed E-state index contributed by atoms with van der Waals surface area (Å²) in [5.41, 5.74) is -25.6. The van der Waals surface area contributed by atoms with Gasteiger partial charge < -0.3 is 52.0 Å². The largest absolute Gasteiger partial charge is 0.506 e. The lowest BCUT2D eigenvalue weighted by Gasteiger charge is -2.39. The maximum absolute atomic E-state index is 15.0. The van der Waals surface area contributed by atoms with Gasteiger partial charge in [0, 0.05) is 60.2 Å². The van der Waals surface area contributed by atoms with Gasteiger partial charge in [-0.15, -0.1) is 0 Å². The van der Waals surface area contributed by atoms with Crippen LogP contribution in [0.5, 0.6) is 28.7 Å². The van der Waals surface area contributed by atoms with Crippen LogP contribution >= 0.6 is 0 Å². The average Bonchev–Trinajstić information content (AvgIpc) is 0.725. The summed E-state index contributed by atoms with van der Waals surface area (Å²) in [5.74, 6) is -7.13. The maximum atomic E-state index is 15.0. The Kier molecular flexibility index (Phi) is 23.6. The zero-order chi connectivity index (χ0) is 82.0. The lowest BCUT2D eigenvalue weighted by molar-refractivity contribution is -0.290. The molecule has 9 aromatic carbocycles. The molecule has 34 heteroatoms. The molecule has 0 aliphatic rings. The number of nitrogens with one attached hydrogen (secondary N) is 6. The van der Waals surface area contributed by atoms with E-state index in [-0.39, 0.29) is 45.7 Å². The molecule has 0 aliphatic carbocycles. The van der Waals surface area contributed by atoms with Crippen molar-refractivity contribution < 1.29 is 128 Å². The molecule has 9 rings (SSSR count). The van der Waals surface area contributed by atoms with E-state index < -0.39 is 167 Å². The molecular weight excluding hydrogens is 1500 g/mol. The number of phenols is 3. The van der Waals surface area contributed by atoms with Gasteiger partial charge in [-0.1, -0.05) is 60.7 Å². The summed E-state index contributed by atoms with van der Waals surface area (Å²) >= 11 is 0. The highest BCUT2D eigenvalue weighted by Gasteiger charge is 2.75. The first-order valence-electron chi connectivity index (χ1n) is 31.8. The van der Waals surface area contributed by atoms with Crippen molar-refractivity contribution in [2.24, 2.45) is 0 Å². The summed E-state index contributed by atoms with van der Waals surface area (Å²) in [7, 11) is 1.29. The molecule has 0 unspecified atom stereocenters. The van der Waals surface area contributed by atoms with Crippen LogP contribution < -0.4 is 36.6 Å². The first-order chi connectivity index (χ1) is 50.9.